The van der Waals surface area contributed by atoms with E-state index in [0.29, 0.717) is 33.0 Å². The minimum absolute atomic E-state index is 0.0747. The van der Waals surface area contributed by atoms with Crippen LogP contribution in [0.15, 0.2) is 93.0 Å². The van der Waals surface area contributed by atoms with Crippen LogP contribution in [-0.2, 0) is 6.61 Å². The van der Waals surface area contributed by atoms with Gasteiger partial charge in [-0.1, -0.05) is 0 Å². The van der Waals surface area contributed by atoms with Crippen LogP contribution in [0.2, 0.25) is 0 Å². The average molecular weight is 660 g/mol. The molecular formula is C31H26BrN5O7. The number of aryl methyl sites for hydroxylation is 2. The summed E-state index contributed by atoms with van der Waals surface area (Å²) in [6.45, 7) is 4.26. The van der Waals surface area contributed by atoms with Crippen molar-refractivity contribution >= 4 is 33.7 Å². The number of amides is 1. The summed E-state index contributed by atoms with van der Waals surface area (Å²) in [6, 6.07) is 21.0. The SMILES string of the molecule is COc1cc(C=NNC(=O)c2ccc(COc3ccc(-n4c(C)ccc4C)cc3)o2)c(Br)cc1Oc1ccc([N+](=O)[O-])cn1. The highest BCUT2D eigenvalue weighted by molar-refractivity contribution is 9.10. The number of hydrazone groups is 1. The van der Waals surface area contributed by atoms with Crippen molar-refractivity contribution in [3.8, 4) is 28.8 Å². The fraction of sp³-hybridized carbons (Fsp3) is 0.129. The molecule has 0 saturated carbocycles. The molecule has 0 atom stereocenters. The predicted octanol–water partition coefficient (Wildman–Crippen LogP) is 6.90. The number of carbonyl (C=O) groups is 1. The van der Waals surface area contributed by atoms with E-state index in [2.05, 4.69) is 62.0 Å². The van der Waals surface area contributed by atoms with Crippen LogP contribution in [-0.4, -0.2) is 33.7 Å². The monoisotopic (exact) mass is 659 g/mol. The van der Waals surface area contributed by atoms with Crippen molar-refractivity contribution in [1.82, 2.24) is 15.0 Å². The number of hydrogen-bond donors (Lipinski definition) is 1. The zero-order chi connectivity index (χ0) is 31.2. The Hall–Kier alpha value is -5.43. The fourth-order valence-electron chi connectivity index (χ4n) is 4.26. The van der Waals surface area contributed by atoms with E-state index in [-0.39, 0.29) is 23.9 Å². The molecule has 5 rings (SSSR count). The number of furan rings is 1. The van der Waals surface area contributed by atoms with E-state index in [1.165, 1.54) is 25.5 Å². The minimum atomic E-state index is -0.548. The van der Waals surface area contributed by atoms with Crippen LogP contribution in [0.25, 0.3) is 5.69 Å². The van der Waals surface area contributed by atoms with Gasteiger partial charge in [-0.05, 0) is 90.4 Å². The molecule has 0 fully saturated rings. The summed E-state index contributed by atoms with van der Waals surface area (Å²) in [4.78, 5) is 26.8. The number of ether oxygens (including phenoxy) is 3. The van der Waals surface area contributed by atoms with E-state index in [9.17, 15) is 14.9 Å². The molecule has 0 aliphatic rings. The molecule has 13 heteroatoms. The van der Waals surface area contributed by atoms with Gasteiger partial charge >= 0.3 is 5.91 Å². The van der Waals surface area contributed by atoms with Gasteiger partial charge in [0.1, 0.15) is 24.3 Å². The van der Waals surface area contributed by atoms with Gasteiger partial charge in [-0.25, -0.2) is 10.4 Å². The summed E-state index contributed by atoms with van der Waals surface area (Å²) in [5.41, 5.74) is 6.20. The van der Waals surface area contributed by atoms with Gasteiger partial charge in [0.05, 0.1) is 18.2 Å². The Kier molecular flexibility index (Phi) is 9.05. The van der Waals surface area contributed by atoms with Crippen LogP contribution in [0, 0.1) is 24.0 Å². The van der Waals surface area contributed by atoms with Crippen molar-refractivity contribution in [2.75, 3.05) is 7.11 Å². The molecule has 2 aromatic carbocycles. The van der Waals surface area contributed by atoms with Gasteiger partial charge in [0.15, 0.2) is 17.3 Å². The lowest BCUT2D eigenvalue weighted by Crippen LogP contribution is -2.16. The van der Waals surface area contributed by atoms with Crippen LogP contribution in [0.3, 0.4) is 0 Å². The Bertz CT molecular complexity index is 1810. The first-order chi connectivity index (χ1) is 21.2. The Morgan fingerprint density at radius 1 is 1.07 bits per heavy atom. The summed E-state index contributed by atoms with van der Waals surface area (Å²) in [5, 5.41) is 14.9. The largest absolute Gasteiger partial charge is 0.493 e. The van der Waals surface area contributed by atoms with E-state index in [4.69, 9.17) is 18.6 Å². The molecule has 0 unspecified atom stereocenters. The Labute approximate surface area is 260 Å². The second-order valence-electron chi connectivity index (χ2n) is 9.44. The molecule has 3 aromatic heterocycles. The highest BCUT2D eigenvalue weighted by atomic mass is 79.9. The molecular weight excluding hydrogens is 634 g/mol. The predicted molar refractivity (Wildman–Crippen MR) is 165 cm³/mol. The lowest BCUT2D eigenvalue weighted by atomic mass is 10.2. The van der Waals surface area contributed by atoms with Gasteiger partial charge in [-0.2, -0.15) is 5.10 Å². The number of aromatic nitrogens is 2. The van der Waals surface area contributed by atoms with Crippen molar-refractivity contribution in [3.63, 3.8) is 0 Å². The number of hydrogen-bond acceptors (Lipinski definition) is 9. The third-order valence-corrected chi connectivity index (χ3v) is 7.12. The first kappa shape index (κ1) is 30.0. The van der Waals surface area contributed by atoms with E-state index in [1.807, 2.05) is 24.3 Å². The van der Waals surface area contributed by atoms with Crippen LogP contribution < -0.4 is 19.6 Å². The highest BCUT2D eigenvalue weighted by Gasteiger charge is 2.14. The average Bonchev–Trinajstić information content (AvgIpc) is 3.63. The van der Waals surface area contributed by atoms with E-state index in [1.54, 1.807) is 24.3 Å². The van der Waals surface area contributed by atoms with Crippen molar-refractivity contribution in [2.45, 2.75) is 20.5 Å². The molecule has 3 heterocycles. The van der Waals surface area contributed by atoms with Crippen LogP contribution in [0.1, 0.15) is 33.3 Å². The molecule has 0 aliphatic heterocycles. The second-order valence-corrected chi connectivity index (χ2v) is 10.3. The molecule has 0 aliphatic carbocycles. The Morgan fingerprint density at radius 2 is 1.82 bits per heavy atom. The molecule has 0 saturated heterocycles. The number of halogens is 1. The molecule has 1 amide bonds. The number of carbonyl (C=O) groups excluding carboxylic acids is 1. The maximum Gasteiger partial charge on any atom is 0.307 e. The summed E-state index contributed by atoms with van der Waals surface area (Å²) < 4.78 is 25.3. The first-order valence-electron chi connectivity index (χ1n) is 13.2. The molecule has 44 heavy (non-hydrogen) atoms. The summed E-state index contributed by atoms with van der Waals surface area (Å²) in [6.07, 6.45) is 2.52. The molecule has 12 nitrogen and oxygen atoms in total. The van der Waals surface area contributed by atoms with Crippen molar-refractivity contribution in [1.29, 1.82) is 0 Å². The van der Waals surface area contributed by atoms with Gasteiger partial charge in [-0.3, -0.25) is 14.9 Å². The van der Waals surface area contributed by atoms with Gasteiger partial charge in [0, 0.05) is 39.2 Å². The number of methoxy groups -OCH3 is 1. The lowest BCUT2D eigenvalue weighted by molar-refractivity contribution is -0.385. The van der Waals surface area contributed by atoms with E-state index in [0.717, 1.165) is 23.3 Å². The number of rotatable bonds is 11. The maximum atomic E-state index is 12.6. The number of nitrogens with zero attached hydrogens (tertiary/aromatic N) is 4. The van der Waals surface area contributed by atoms with E-state index < -0.39 is 10.8 Å². The standard InChI is InChI=1S/C31H26BrN5O7/c1-19-4-5-20(2)36(19)22-6-9-24(10-7-22)42-18-25-11-12-27(43-25)31(38)35-34-16-21-14-28(41-3)29(15-26(21)32)44-30-13-8-23(17-33-30)37(39)40/h4-17H,18H2,1-3H3,(H,35,38). The Morgan fingerprint density at radius 3 is 2.48 bits per heavy atom. The zero-order valence-corrected chi connectivity index (χ0v) is 25.4. The van der Waals surface area contributed by atoms with Crippen molar-refractivity contribution < 1.29 is 28.3 Å². The third kappa shape index (κ3) is 6.95. The first-order valence-corrected chi connectivity index (χ1v) is 14.0. The highest BCUT2D eigenvalue weighted by Crippen LogP contribution is 2.35. The summed E-state index contributed by atoms with van der Waals surface area (Å²) >= 11 is 3.44. The zero-order valence-electron chi connectivity index (χ0n) is 23.8. The Balaban J connectivity index is 1.16. The summed E-state index contributed by atoms with van der Waals surface area (Å²) in [5.74, 6) is 1.49. The quantitative estimate of drug-likeness (QED) is 0.0916. The van der Waals surface area contributed by atoms with Gasteiger partial charge < -0.3 is 23.2 Å². The van der Waals surface area contributed by atoms with E-state index >= 15 is 0 Å². The molecule has 224 valence electrons. The molecule has 1 N–H and O–H groups in total. The lowest BCUT2D eigenvalue weighted by Gasteiger charge is -2.11. The van der Waals surface area contributed by atoms with Crippen LogP contribution in [0.4, 0.5) is 5.69 Å². The minimum Gasteiger partial charge on any atom is -0.493 e. The van der Waals surface area contributed by atoms with Crippen LogP contribution in [0.5, 0.6) is 23.1 Å². The van der Waals surface area contributed by atoms with Gasteiger partial charge in [-0.15, -0.1) is 0 Å². The van der Waals surface area contributed by atoms with Gasteiger partial charge in [0.2, 0.25) is 5.88 Å². The maximum absolute atomic E-state index is 12.6. The smallest absolute Gasteiger partial charge is 0.307 e. The number of benzene rings is 2. The number of pyridine rings is 1. The van der Waals surface area contributed by atoms with Gasteiger partial charge in [0.25, 0.3) is 5.69 Å². The molecule has 0 spiro atoms. The summed E-state index contributed by atoms with van der Waals surface area (Å²) in [7, 11) is 1.46. The molecule has 0 bridgehead atoms. The van der Waals surface area contributed by atoms with Crippen LogP contribution >= 0.6 is 15.9 Å². The normalized spacial score (nSPS) is 11.0. The number of nitro groups is 1. The second kappa shape index (κ2) is 13.3. The molecule has 5 aromatic rings. The van der Waals surface area contributed by atoms with Crippen molar-refractivity contribution in [2.24, 2.45) is 5.10 Å². The fourth-order valence-corrected chi connectivity index (χ4v) is 4.68. The van der Waals surface area contributed by atoms with Crippen molar-refractivity contribution in [3.05, 3.63) is 122 Å². The molecule has 0 radical (unpaired) electrons. The third-order valence-electron chi connectivity index (χ3n) is 6.43. The topological polar surface area (TPSA) is 143 Å². The number of nitrogens with one attached hydrogen (secondary N) is 1.